The minimum Gasteiger partial charge on any atom is -0.450 e. The Morgan fingerprint density at radius 1 is 1.00 bits per heavy atom. The van der Waals surface area contributed by atoms with Crippen LogP contribution < -0.4 is 16.2 Å². The number of fused-ring (bicyclic) bond motifs is 2. The van der Waals surface area contributed by atoms with E-state index in [-0.39, 0.29) is 42.5 Å². The van der Waals surface area contributed by atoms with Crippen molar-refractivity contribution in [2.75, 3.05) is 30.4 Å². The third-order valence-electron chi connectivity index (χ3n) is 11.9. The lowest BCUT2D eigenvalue weighted by Gasteiger charge is -2.40. The molecule has 364 valence electrons. The Labute approximate surface area is 391 Å². The summed E-state index contributed by atoms with van der Waals surface area (Å²) in [4.78, 5) is 78.7. The Morgan fingerprint density at radius 3 is 2.40 bits per heavy atom. The van der Waals surface area contributed by atoms with E-state index in [1.54, 1.807) is 48.7 Å². The summed E-state index contributed by atoms with van der Waals surface area (Å²) >= 11 is 0. The summed E-state index contributed by atoms with van der Waals surface area (Å²) in [6, 6.07) is 8.61. The molecular formula is C42H54N11O13PSi. The fourth-order valence-corrected chi connectivity index (χ4v) is 10.00. The van der Waals surface area contributed by atoms with E-state index in [0.717, 1.165) is 0 Å². The third-order valence-corrected chi connectivity index (χ3v) is 17.8. The number of H-pyrrole nitrogens is 1. The Morgan fingerprint density at radius 2 is 1.72 bits per heavy atom. The van der Waals surface area contributed by atoms with Gasteiger partial charge in [-0.3, -0.25) is 47.4 Å². The summed E-state index contributed by atoms with van der Waals surface area (Å²) in [5, 5.41) is 15.0. The molecule has 0 bridgehead atoms. The molecule has 4 N–H and O–H groups in total. The van der Waals surface area contributed by atoms with Crippen molar-refractivity contribution in [1.29, 1.82) is 0 Å². The molecule has 2 saturated heterocycles. The van der Waals surface area contributed by atoms with Crippen LogP contribution in [0.1, 0.15) is 77.2 Å². The Bertz CT molecular complexity index is 2790. The van der Waals surface area contributed by atoms with Crippen LogP contribution in [0.2, 0.25) is 18.1 Å². The number of phosphoric acid groups is 1. The highest BCUT2D eigenvalue weighted by Crippen LogP contribution is 2.54. The molecule has 7 rings (SSSR count). The molecule has 2 fully saturated rings. The maximum absolute atomic E-state index is 14.8. The molecule has 1 aromatic carbocycles. The number of carbonyl (C=O) groups is 3. The SMILES string of the molecule is [C-]#[N+]CCOP(=O)(OC[C@H]1O[C@@H](n2cnc3c(=O)[nH]c(NC(=O)C(C)C)nc32)[C@H](OC(=O)O)[C@@H]1O[Si](C)(C)C(C)(C)C)O[C@H]1C[C@H](n2cnc3c(NC(=O)c4ccccc4)ncnc32)O[C@@H]1CC. The molecule has 2 aliphatic heterocycles. The fraction of sp³-hybridized carbons (Fsp3) is 0.524. The molecule has 26 heteroatoms. The third kappa shape index (κ3) is 10.8. The number of carboxylic acid groups (broad SMARTS) is 1. The largest absolute Gasteiger partial charge is 0.506 e. The highest BCUT2D eigenvalue weighted by atomic mass is 31.2. The molecule has 2 amide bonds. The summed E-state index contributed by atoms with van der Waals surface area (Å²) < 4.78 is 61.1. The molecule has 5 aromatic rings. The van der Waals surface area contributed by atoms with E-state index in [2.05, 4.69) is 45.4 Å². The van der Waals surface area contributed by atoms with E-state index < -0.39 is 100 Å². The Kier molecular flexibility index (Phi) is 14.9. The van der Waals surface area contributed by atoms with Crippen molar-refractivity contribution in [2.45, 2.75) is 115 Å². The van der Waals surface area contributed by atoms with E-state index >= 15 is 0 Å². The predicted octanol–water partition coefficient (Wildman–Crippen LogP) is 6.30. The van der Waals surface area contributed by atoms with Crippen molar-refractivity contribution in [3.8, 4) is 0 Å². The second kappa shape index (κ2) is 20.3. The second-order valence-electron chi connectivity index (χ2n) is 17.9. The second-order valence-corrected chi connectivity index (χ2v) is 24.3. The smallest absolute Gasteiger partial charge is 0.450 e. The highest BCUT2D eigenvalue weighted by Gasteiger charge is 2.54. The Hall–Kier alpha value is -5.97. The molecule has 4 aromatic heterocycles. The minimum atomic E-state index is -4.64. The van der Waals surface area contributed by atoms with Gasteiger partial charge in [-0.1, -0.05) is 59.7 Å². The quantitative estimate of drug-likeness (QED) is 0.0246. The first kappa shape index (κ1) is 49.9. The van der Waals surface area contributed by atoms with E-state index in [1.165, 1.54) is 23.5 Å². The van der Waals surface area contributed by atoms with E-state index in [0.29, 0.717) is 23.1 Å². The standard InChI is InChI=1S/C42H54N11O13PSi/c1-10-25-26(18-28(62-25)52-21-46-29-33(44-20-45-34(29)52)48-37(55)24-14-12-11-13-15-24)65-67(59,60-17-16-43-7)61-19-27-31(66-68(8,9)42(4,5)6)32(64-41(57)58)39(63-27)53-22-47-30-35(53)49-40(51-38(30)56)50-36(54)23(2)3/h11-15,20-23,25-28,31-32,39H,10,16-19H2,1-6,8-9H3,(H,57,58)(H,44,45,48,55)(H2,49,50,51,54,56)/t25-,26+,27-,28-,31-,32-,39-,67?/m1/s1. The van der Waals surface area contributed by atoms with Crippen molar-refractivity contribution in [3.05, 3.63) is 76.6 Å². The number of rotatable bonds is 18. The van der Waals surface area contributed by atoms with Crippen LogP contribution in [0.25, 0.3) is 27.2 Å². The number of anilines is 2. The lowest BCUT2D eigenvalue weighted by Crippen LogP contribution is -2.50. The van der Waals surface area contributed by atoms with Gasteiger partial charge in [0.15, 0.2) is 48.8 Å². The first-order valence-electron chi connectivity index (χ1n) is 21.8. The van der Waals surface area contributed by atoms with Crippen molar-refractivity contribution in [3.63, 3.8) is 0 Å². The van der Waals surface area contributed by atoms with Crippen LogP contribution in [0.3, 0.4) is 0 Å². The van der Waals surface area contributed by atoms with Gasteiger partial charge in [0.1, 0.15) is 31.4 Å². The number of nitrogens with zero attached hydrogens (tertiary/aromatic N) is 8. The number of carbonyl (C=O) groups excluding carboxylic acids is 2. The lowest BCUT2D eigenvalue weighted by atomic mass is 10.1. The number of ether oxygens (including phenoxy) is 3. The van der Waals surface area contributed by atoms with Crippen molar-refractivity contribution in [1.82, 2.24) is 39.0 Å². The summed E-state index contributed by atoms with van der Waals surface area (Å²) in [5.74, 6) is -1.28. The number of imidazole rings is 2. The molecule has 0 saturated carbocycles. The molecule has 0 aliphatic carbocycles. The molecule has 2 aliphatic rings. The molecule has 0 radical (unpaired) electrons. The van der Waals surface area contributed by atoms with Crippen LogP contribution in [-0.2, 0) is 41.6 Å². The zero-order valence-electron chi connectivity index (χ0n) is 38.6. The first-order chi connectivity index (χ1) is 32.2. The normalized spacial score (nSPS) is 22.9. The molecule has 6 heterocycles. The van der Waals surface area contributed by atoms with Gasteiger partial charge in [-0.05, 0) is 36.7 Å². The molecule has 68 heavy (non-hydrogen) atoms. The van der Waals surface area contributed by atoms with Gasteiger partial charge in [-0.2, -0.15) is 4.98 Å². The number of hydrogen-bond acceptors (Lipinski definition) is 17. The van der Waals surface area contributed by atoms with Gasteiger partial charge in [-0.25, -0.2) is 35.9 Å². The number of aromatic nitrogens is 8. The average molecular weight is 980 g/mol. The zero-order chi connectivity index (χ0) is 49.1. The number of amides is 2. The predicted molar refractivity (Wildman–Crippen MR) is 245 cm³/mol. The molecule has 24 nitrogen and oxygen atoms in total. The summed E-state index contributed by atoms with van der Waals surface area (Å²) in [6.07, 6.45) is -4.78. The molecule has 1 unspecified atom stereocenters. The molecular weight excluding hydrogens is 926 g/mol. The number of aromatic amines is 1. The summed E-state index contributed by atoms with van der Waals surface area (Å²) in [6.45, 7) is 21.2. The topological polar surface area (TPSA) is 289 Å². The van der Waals surface area contributed by atoms with Gasteiger partial charge in [-0.15, -0.1) is 0 Å². The van der Waals surface area contributed by atoms with Gasteiger partial charge in [0.2, 0.25) is 18.4 Å². The molecule has 8 atom stereocenters. The number of hydrogen-bond donors (Lipinski definition) is 4. The average Bonchev–Trinajstić information content (AvgIpc) is 4.08. The van der Waals surface area contributed by atoms with Crippen molar-refractivity contribution >= 4 is 68.2 Å². The maximum Gasteiger partial charge on any atom is 0.506 e. The van der Waals surface area contributed by atoms with E-state index in [1.807, 2.05) is 40.8 Å². The van der Waals surface area contributed by atoms with Crippen LogP contribution in [0.4, 0.5) is 16.6 Å². The fourth-order valence-electron chi connectivity index (χ4n) is 7.29. The van der Waals surface area contributed by atoms with Crippen LogP contribution >= 0.6 is 7.82 Å². The minimum absolute atomic E-state index is 0.0763. The number of phosphoric ester groups is 1. The van der Waals surface area contributed by atoms with Crippen LogP contribution in [0.5, 0.6) is 0 Å². The van der Waals surface area contributed by atoms with Crippen molar-refractivity contribution < 1.29 is 56.3 Å². The van der Waals surface area contributed by atoms with Gasteiger partial charge in [0.05, 0.1) is 31.5 Å². The summed E-state index contributed by atoms with van der Waals surface area (Å²) in [7, 11) is -7.45. The van der Waals surface area contributed by atoms with Crippen LogP contribution in [0, 0.1) is 12.5 Å². The van der Waals surface area contributed by atoms with E-state index in [4.69, 9.17) is 38.8 Å². The zero-order valence-corrected chi connectivity index (χ0v) is 40.5. The summed E-state index contributed by atoms with van der Waals surface area (Å²) in [5.41, 5.74) is 0.149. The first-order valence-corrected chi connectivity index (χ1v) is 26.2. The van der Waals surface area contributed by atoms with Gasteiger partial charge in [0, 0.05) is 17.9 Å². The number of benzene rings is 1. The lowest BCUT2D eigenvalue weighted by molar-refractivity contribution is -0.118. The van der Waals surface area contributed by atoms with Gasteiger partial charge >= 0.3 is 14.0 Å². The van der Waals surface area contributed by atoms with Gasteiger partial charge < -0.3 is 33.9 Å². The number of nitrogens with one attached hydrogen (secondary N) is 3. The van der Waals surface area contributed by atoms with Gasteiger partial charge in [0.25, 0.3) is 11.5 Å². The van der Waals surface area contributed by atoms with Crippen LogP contribution in [0.15, 0.2) is 54.1 Å². The van der Waals surface area contributed by atoms with E-state index in [9.17, 15) is 28.8 Å². The van der Waals surface area contributed by atoms with Crippen molar-refractivity contribution in [2.24, 2.45) is 5.92 Å². The Balaban J connectivity index is 1.17. The molecule has 0 spiro atoms. The monoisotopic (exact) mass is 979 g/mol. The highest BCUT2D eigenvalue weighted by molar-refractivity contribution is 7.48. The van der Waals surface area contributed by atoms with Crippen LogP contribution in [-0.4, -0.2) is 121 Å². The maximum atomic E-state index is 14.8.